The summed E-state index contributed by atoms with van der Waals surface area (Å²) in [5.41, 5.74) is 0.670. The molecule has 0 aliphatic rings. The number of halogens is 2. The molecule has 25 heavy (non-hydrogen) atoms. The Balaban J connectivity index is 2.46. The molecule has 0 fully saturated rings. The number of hydrogen-bond acceptors (Lipinski definition) is 3. The minimum atomic E-state index is -2.55. The van der Waals surface area contributed by atoms with Gasteiger partial charge in [-0.2, -0.15) is 0 Å². The van der Waals surface area contributed by atoms with Crippen LogP contribution in [-0.2, 0) is 20.9 Å². The SMILES string of the molecule is CCCC(=O)Nc1ccc(CNC(=O)C(C)(C)COCC(F)F)cc1. The molecule has 5 nitrogen and oxygen atoms in total. The first-order valence-electron chi connectivity index (χ1n) is 8.27. The Hall–Kier alpha value is -2.02. The van der Waals surface area contributed by atoms with Crippen LogP contribution in [0.3, 0.4) is 0 Å². The summed E-state index contributed by atoms with van der Waals surface area (Å²) < 4.78 is 29.0. The van der Waals surface area contributed by atoms with Crippen molar-refractivity contribution in [2.45, 2.75) is 46.6 Å². The molecule has 1 aromatic rings. The van der Waals surface area contributed by atoms with Crippen molar-refractivity contribution < 1.29 is 23.1 Å². The summed E-state index contributed by atoms with van der Waals surface area (Å²) in [6.45, 7) is 4.76. The minimum Gasteiger partial charge on any atom is -0.374 e. The van der Waals surface area contributed by atoms with E-state index in [0.717, 1.165) is 12.0 Å². The predicted octanol–water partition coefficient (Wildman–Crippen LogP) is 3.35. The van der Waals surface area contributed by atoms with Gasteiger partial charge < -0.3 is 15.4 Å². The molecule has 2 amide bonds. The van der Waals surface area contributed by atoms with Crippen LogP contribution in [0.5, 0.6) is 0 Å². The molecular weight excluding hydrogens is 330 g/mol. The molecule has 1 rings (SSSR count). The fraction of sp³-hybridized carbons (Fsp3) is 0.556. The Morgan fingerprint density at radius 3 is 2.40 bits per heavy atom. The third kappa shape index (κ3) is 8.07. The molecule has 0 aromatic heterocycles. The van der Waals surface area contributed by atoms with Crippen LogP contribution in [0.2, 0.25) is 0 Å². The van der Waals surface area contributed by atoms with Crippen LogP contribution in [0.25, 0.3) is 0 Å². The number of alkyl halides is 2. The van der Waals surface area contributed by atoms with Crippen LogP contribution in [-0.4, -0.2) is 31.5 Å². The molecule has 7 heteroatoms. The average Bonchev–Trinajstić information content (AvgIpc) is 2.53. The van der Waals surface area contributed by atoms with Gasteiger partial charge in [0.1, 0.15) is 6.61 Å². The summed E-state index contributed by atoms with van der Waals surface area (Å²) >= 11 is 0. The second kappa shape index (κ2) is 10.1. The summed E-state index contributed by atoms with van der Waals surface area (Å²) in [6, 6.07) is 7.15. The van der Waals surface area contributed by atoms with Gasteiger partial charge in [0.2, 0.25) is 11.8 Å². The number of carbonyl (C=O) groups excluding carboxylic acids is 2. The molecule has 1 aromatic carbocycles. The summed E-state index contributed by atoms with van der Waals surface area (Å²) in [5, 5.41) is 5.55. The number of benzene rings is 1. The van der Waals surface area contributed by atoms with Crippen molar-refractivity contribution in [2.75, 3.05) is 18.5 Å². The van der Waals surface area contributed by atoms with Crippen LogP contribution in [0.15, 0.2) is 24.3 Å². The molecule has 0 atom stereocenters. The van der Waals surface area contributed by atoms with Crippen molar-refractivity contribution in [2.24, 2.45) is 5.41 Å². The molecule has 0 aliphatic carbocycles. The normalized spacial score (nSPS) is 11.4. The predicted molar refractivity (Wildman–Crippen MR) is 92.4 cm³/mol. The van der Waals surface area contributed by atoms with E-state index in [1.54, 1.807) is 26.0 Å². The first-order valence-corrected chi connectivity index (χ1v) is 8.27. The van der Waals surface area contributed by atoms with E-state index in [-0.39, 0.29) is 18.4 Å². The van der Waals surface area contributed by atoms with E-state index in [1.807, 2.05) is 19.1 Å². The third-order valence-corrected chi connectivity index (χ3v) is 3.49. The molecule has 0 unspecified atom stereocenters. The molecule has 140 valence electrons. The van der Waals surface area contributed by atoms with Gasteiger partial charge in [-0.15, -0.1) is 0 Å². The fourth-order valence-electron chi connectivity index (χ4n) is 2.05. The van der Waals surface area contributed by atoms with E-state index in [1.165, 1.54) is 0 Å². The second-order valence-corrected chi connectivity index (χ2v) is 6.47. The van der Waals surface area contributed by atoms with Crippen molar-refractivity contribution in [3.8, 4) is 0 Å². The highest BCUT2D eigenvalue weighted by Crippen LogP contribution is 2.17. The highest BCUT2D eigenvalue weighted by atomic mass is 19.3. The quantitative estimate of drug-likeness (QED) is 0.676. The minimum absolute atomic E-state index is 0.0332. The Labute approximate surface area is 147 Å². The van der Waals surface area contributed by atoms with Gasteiger partial charge in [0.15, 0.2) is 0 Å². The Bertz CT molecular complexity index is 560. The van der Waals surface area contributed by atoms with Crippen molar-refractivity contribution in [3.63, 3.8) is 0 Å². The zero-order valence-electron chi connectivity index (χ0n) is 14.9. The van der Waals surface area contributed by atoms with Gasteiger partial charge in [-0.05, 0) is 38.0 Å². The zero-order valence-corrected chi connectivity index (χ0v) is 14.9. The first-order chi connectivity index (χ1) is 11.7. The Kier molecular flexibility index (Phi) is 8.48. The van der Waals surface area contributed by atoms with Crippen molar-refractivity contribution in [3.05, 3.63) is 29.8 Å². The van der Waals surface area contributed by atoms with Crippen molar-refractivity contribution in [1.82, 2.24) is 5.32 Å². The average molecular weight is 356 g/mol. The maximum Gasteiger partial charge on any atom is 0.261 e. The third-order valence-electron chi connectivity index (χ3n) is 3.49. The number of hydrogen-bond donors (Lipinski definition) is 2. The smallest absolute Gasteiger partial charge is 0.261 e. The summed E-state index contributed by atoms with van der Waals surface area (Å²) in [6.07, 6.45) is -1.29. The molecule has 0 bridgehead atoms. The molecule has 0 spiro atoms. The number of nitrogens with one attached hydrogen (secondary N) is 2. The molecule has 0 heterocycles. The Morgan fingerprint density at radius 2 is 1.84 bits per heavy atom. The molecule has 0 saturated heterocycles. The van der Waals surface area contributed by atoms with Crippen LogP contribution < -0.4 is 10.6 Å². The number of rotatable bonds is 10. The van der Waals surface area contributed by atoms with E-state index in [2.05, 4.69) is 10.6 Å². The van der Waals surface area contributed by atoms with Crippen LogP contribution >= 0.6 is 0 Å². The summed E-state index contributed by atoms with van der Waals surface area (Å²) in [7, 11) is 0. The van der Waals surface area contributed by atoms with E-state index >= 15 is 0 Å². The van der Waals surface area contributed by atoms with Gasteiger partial charge in [-0.1, -0.05) is 19.1 Å². The van der Waals surface area contributed by atoms with Gasteiger partial charge in [0, 0.05) is 18.7 Å². The fourth-order valence-corrected chi connectivity index (χ4v) is 2.05. The maximum atomic E-state index is 12.2. The molecule has 2 N–H and O–H groups in total. The van der Waals surface area contributed by atoms with E-state index in [4.69, 9.17) is 4.74 Å². The number of anilines is 1. The van der Waals surface area contributed by atoms with Crippen molar-refractivity contribution in [1.29, 1.82) is 0 Å². The number of amides is 2. The highest BCUT2D eigenvalue weighted by Gasteiger charge is 2.28. The molecular formula is C18H26F2N2O3. The molecule has 0 radical (unpaired) electrons. The molecule has 0 aliphatic heterocycles. The summed E-state index contributed by atoms with van der Waals surface area (Å²) in [5.74, 6) is -0.309. The second-order valence-electron chi connectivity index (χ2n) is 6.47. The Morgan fingerprint density at radius 1 is 1.20 bits per heavy atom. The largest absolute Gasteiger partial charge is 0.374 e. The lowest BCUT2D eigenvalue weighted by Crippen LogP contribution is -2.40. The van der Waals surface area contributed by atoms with Gasteiger partial charge >= 0.3 is 0 Å². The van der Waals surface area contributed by atoms with Gasteiger partial charge in [-0.3, -0.25) is 9.59 Å². The highest BCUT2D eigenvalue weighted by molar-refractivity contribution is 5.90. The van der Waals surface area contributed by atoms with E-state index < -0.39 is 18.4 Å². The van der Waals surface area contributed by atoms with Crippen LogP contribution in [0.1, 0.15) is 39.2 Å². The lowest BCUT2D eigenvalue weighted by atomic mass is 9.93. The van der Waals surface area contributed by atoms with Crippen LogP contribution in [0, 0.1) is 5.41 Å². The number of ether oxygens (including phenoxy) is 1. The lowest BCUT2D eigenvalue weighted by Gasteiger charge is -2.23. The summed E-state index contributed by atoms with van der Waals surface area (Å²) in [4.78, 5) is 23.7. The van der Waals surface area contributed by atoms with Gasteiger partial charge in [-0.25, -0.2) is 8.78 Å². The first kappa shape index (κ1) is 21.0. The zero-order chi connectivity index (χ0) is 18.9. The van der Waals surface area contributed by atoms with E-state index in [0.29, 0.717) is 18.7 Å². The lowest BCUT2D eigenvalue weighted by molar-refractivity contribution is -0.133. The topological polar surface area (TPSA) is 67.4 Å². The number of carbonyl (C=O) groups is 2. The van der Waals surface area contributed by atoms with Gasteiger partial charge in [0.25, 0.3) is 6.43 Å². The monoisotopic (exact) mass is 356 g/mol. The van der Waals surface area contributed by atoms with Gasteiger partial charge in [0.05, 0.1) is 12.0 Å². The standard InChI is InChI=1S/C18H26F2N2O3/c1-4-5-16(23)22-14-8-6-13(7-9-14)10-21-17(24)18(2,3)12-25-11-15(19)20/h6-9,15H,4-5,10-12H2,1-3H3,(H,21,24)(H,22,23). The maximum absolute atomic E-state index is 12.2. The van der Waals surface area contributed by atoms with Crippen molar-refractivity contribution >= 4 is 17.5 Å². The van der Waals surface area contributed by atoms with Crippen LogP contribution in [0.4, 0.5) is 14.5 Å². The van der Waals surface area contributed by atoms with E-state index in [9.17, 15) is 18.4 Å². The molecule has 0 saturated carbocycles.